The minimum atomic E-state index is 0.704. The van der Waals surface area contributed by atoms with Gasteiger partial charge in [-0.25, -0.2) is 4.98 Å². The Morgan fingerprint density at radius 1 is 1.11 bits per heavy atom. The number of hydrogen-bond acceptors (Lipinski definition) is 3. The van der Waals surface area contributed by atoms with Crippen LogP contribution in [0.1, 0.15) is 0 Å². The monoisotopic (exact) mass is 239 g/mol. The first kappa shape index (κ1) is 10.7. The van der Waals surface area contributed by atoms with Crippen molar-refractivity contribution in [2.24, 2.45) is 0 Å². The normalized spacial score (nSPS) is 10.7. The van der Waals surface area contributed by atoms with Crippen LogP contribution in [0.25, 0.3) is 22.4 Å². The van der Waals surface area contributed by atoms with Crippen molar-refractivity contribution >= 4 is 16.7 Å². The van der Waals surface area contributed by atoms with Gasteiger partial charge in [-0.1, -0.05) is 18.2 Å². The average molecular weight is 239 g/mol. The summed E-state index contributed by atoms with van der Waals surface area (Å²) in [6, 6.07) is 13.4. The van der Waals surface area contributed by atoms with Gasteiger partial charge in [0.1, 0.15) is 17.1 Å². The van der Waals surface area contributed by atoms with E-state index in [1.165, 1.54) is 0 Å². The van der Waals surface area contributed by atoms with Gasteiger partial charge in [0.2, 0.25) is 0 Å². The molecule has 1 heterocycles. The zero-order valence-electron chi connectivity index (χ0n) is 9.97. The summed E-state index contributed by atoms with van der Waals surface area (Å²) < 4.78 is 5.29. The molecule has 4 nitrogen and oxygen atoms in total. The van der Waals surface area contributed by atoms with E-state index >= 15 is 0 Å². The summed E-state index contributed by atoms with van der Waals surface area (Å²) in [6.07, 6.45) is 0. The van der Waals surface area contributed by atoms with E-state index in [1.54, 1.807) is 7.11 Å². The van der Waals surface area contributed by atoms with Crippen LogP contribution < -0.4 is 10.5 Å². The van der Waals surface area contributed by atoms with Crippen molar-refractivity contribution in [3.8, 4) is 17.1 Å². The molecule has 4 heteroatoms. The van der Waals surface area contributed by atoms with E-state index in [2.05, 4.69) is 9.97 Å². The van der Waals surface area contributed by atoms with Gasteiger partial charge in [0.05, 0.1) is 12.6 Å². The predicted molar refractivity (Wildman–Crippen MR) is 72.5 cm³/mol. The molecule has 0 fully saturated rings. The second kappa shape index (κ2) is 4.07. The molecule has 0 saturated heterocycles. The van der Waals surface area contributed by atoms with Crippen LogP contribution in [0.15, 0.2) is 42.5 Å². The first-order valence-corrected chi connectivity index (χ1v) is 5.67. The maximum Gasteiger partial charge on any atom is 0.146 e. The number of aromatic amines is 1. The van der Waals surface area contributed by atoms with E-state index in [-0.39, 0.29) is 0 Å². The topological polar surface area (TPSA) is 63.9 Å². The smallest absolute Gasteiger partial charge is 0.146 e. The van der Waals surface area contributed by atoms with Crippen LogP contribution in [0.5, 0.6) is 5.75 Å². The highest BCUT2D eigenvalue weighted by Gasteiger charge is 2.10. The number of H-pyrrole nitrogens is 1. The number of nitrogens with one attached hydrogen (secondary N) is 1. The number of rotatable bonds is 2. The molecule has 0 saturated carbocycles. The number of fused-ring (bicyclic) bond motifs is 1. The molecule has 1 aromatic heterocycles. The quantitative estimate of drug-likeness (QED) is 0.676. The van der Waals surface area contributed by atoms with Gasteiger partial charge in [0.25, 0.3) is 0 Å². The third kappa shape index (κ3) is 1.59. The van der Waals surface area contributed by atoms with Crippen LogP contribution in [-0.2, 0) is 0 Å². The first-order valence-electron chi connectivity index (χ1n) is 5.67. The molecule has 18 heavy (non-hydrogen) atoms. The molecule has 0 aliphatic rings. The maximum atomic E-state index is 5.95. The van der Waals surface area contributed by atoms with Crippen molar-refractivity contribution in [2.45, 2.75) is 0 Å². The van der Waals surface area contributed by atoms with E-state index in [0.717, 1.165) is 28.2 Å². The summed E-state index contributed by atoms with van der Waals surface area (Å²) in [6.45, 7) is 0. The summed E-state index contributed by atoms with van der Waals surface area (Å²) in [5.74, 6) is 1.51. The molecule has 3 aromatic rings. The molecular weight excluding hydrogens is 226 g/mol. The Balaban J connectivity index is 2.23. The molecule has 0 atom stereocenters. The molecule has 0 unspecified atom stereocenters. The molecule has 0 amide bonds. The highest BCUT2D eigenvalue weighted by Crippen LogP contribution is 2.29. The van der Waals surface area contributed by atoms with E-state index in [1.807, 2.05) is 42.5 Å². The third-order valence-electron chi connectivity index (χ3n) is 2.91. The van der Waals surface area contributed by atoms with Crippen molar-refractivity contribution in [1.29, 1.82) is 0 Å². The summed E-state index contributed by atoms with van der Waals surface area (Å²) in [4.78, 5) is 7.81. The lowest BCUT2D eigenvalue weighted by molar-refractivity contribution is 0.419. The minimum Gasteiger partial charge on any atom is -0.494 e. The molecule has 0 aliphatic heterocycles. The molecule has 0 aliphatic carbocycles. The number of imidazole rings is 1. The maximum absolute atomic E-state index is 5.95. The molecular formula is C14H13N3O. The lowest BCUT2D eigenvalue weighted by Gasteiger charge is -2.00. The summed E-state index contributed by atoms with van der Waals surface area (Å²) in [5, 5.41) is 0. The van der Waals surface area contributed by atoms with Crippen molar-refractivity contribution in [3.63, 3.8) is 0 Å². The number of nitrogens with two attached hydrogens (primary N) is 1. The van der Waals surface area contributed by atoms with Crippen molar-refractivity contribution in [3.05, 3.63) is 42.5 Å². The van der Waals surface area contributed by atoms with E-state index in [9.17, 15) is 0 Å². The van der Waals surface area contributed by atoms with Crippen LogP contribution >= 0.6 is 0 Å². The molecule has 3 N–H and O–H groups in total. The number of hydrogen-bond donors (Lipinski definition) is 2. The minimum absolute atomic E-state index is 0.704. The fourth-order valence-electron chi connectivity index (χ4n) is 2.01. The predicted octanol–water partition coefficient (Wildman–Crippen LogP) is 2.82. The largest absolute Gasteiger partial charge is 0.494 e. The number of methoxy groups -OCH3 is 1. The summed E-state index contributed by atoms with van der Waals surface area (Å²) in [7, 11) is 1.64. The number of para-hydroxylation sites is 2. The Morgan fingerprint density at radius 3 is 2.72 bits per heavy atom. The molecule has 90 valence electrons. The van der Waals surface area contributed by atoms with E-state index in [0.29, 0.717) is 5.69 Å². The first-order chi connectivity index (χ1) is 8.79. The zero-order valence-corrected chi connectivity index (χ0v) is 9.97. The highest BCUT2D eigenvalue weighted by atomic mass is 16.5. The van der Waals surface area contributed by atoms with Gasteiger partial charge in [-0.3, -0.25) is 0 Å². The van der Waals surface area contributed by atoms with Gasteiger partial charge >= 0.3 is 0 Å². The van der Waals surface area contributed by atoms with Gasteiger partial charge in [-0.2, -0.15) is 0 Å². The number of nitrogen functional groups attached to an aromatic ring is 1. The van der Waals surface area contributed by atoms with Crippen LogP contribution in [0.4, 0.5) is 5.69 Å². The van der Waals surface area contributed by atoms with Crippen LogP contribution in [0.3, 0.4) is 0 Å². The lowest BCUT2D eigenvalue weighted by Crippen LogP contribution is -1.90. The van der Waals surface area contributed by atoms with Crippen molar-refractivity contribution < 1.29 is 4.74 Å². The molecule has 2 aromatic carbocycles. The fraction of sp³-hybridized carbons (Fsp3) is 0.0714. The number of ether oxygens (including phenoxy) is 1. The molecule has 0 radical (unpaired) electrons. The summed E-state index contributed by atoms with van der Waals surface area (Å²) in [5.41, 5.74) is 9.31. The average Bonchev–Trinajstić information content (AvgIpc) is 2.82. The van der Waals surface area contributed by atoms with Gasteiger partial charge in [-0.15, -0.1) is 0 Å². The standard InChI is InChI=1S/C14H13N3O/c1-18-12-8-4-7-11-13(12)17-14(16-11)9-5-2-3-6-10(9)15/h2-8H,15H2,1H3,(H,16,17). The Hall–Kier alpha value is -2.49. The second-order valence-corrected chi connectivity index (χ2v) is 4.03. The Bertz CT molecular complexity index is 703. The van der Waals surface area contributed by atoms with Crippen LogP contribution in [0.2, 0.25) is 0 Å². The van der Waals surface area contributed by atoms with Crippen LogP contribution in [0, 0.1) is 0 Å². The fourth-order valence-corrected chi connectivity index (χ4v) is 2.01. The van der Waals surface area contributed by atoms with Crippen molar-refractivity contribution in [1.82, 2.24) is 9.97 Å². The van der Waals surface area contributed by atoms with E-state index < -0.39 is 0 Å². The van der Waals surface area contributed by atoms with Gasteiger partial charge in [0.15, 0.2) is 0 Å². The number of anilines is 1. The SMILES string of the molecule is COc1cccc2[nH]c(-c3ccccc3N)nc12. The van der Waals surface area contributed by atoms with Gasteiger partial charge in [-0.05, 0) is 24.3 Å². The van der Waals surface area contributed by atoms with Gasteiger partial charge in [0, 0.05) is 11.3 Å². The molecule has 0 spiro atoms. The lowest BCUT2D eigenvalue weighted by atomic mass is 10.2. The van der Waals surface area contributed by atoms with Crippen LogP contribution in [-0.4, -0.2) is 17.1 Å². The number of aromatic nitrogens is 2. The second-order valence-electron chi connectivity index (χ2n) is 4.03. The van der Waals surface area contributed by atoms with Crippen molar-refractivity contribution in [2.75, 3.05) is 12.8 Å². The van der Waals surface area contributed by atoms with E-state index in [4.69, 9.17) is 10.5 Å². The summed E-state index contributed by atoms with van der Waals surface area (Å²) >= 11 is 0. The Labute approximate surface area is 104 Å². The molecule has 0 bridgehead atoms. The zero-order chi connectivity index (χ0) is 12.5. The molecule has 3 rings (SSSR count). The Morgan fingerprint density at radius 2 is 1.94 bits per heavy atom. The number of benzene rings is 2. The number of nitrogens with zero attached hydrogens (tertiary/aromatic N) is 1. The highest BCUT2D eigenvalue weighted by molar-refractivity contribution is 5.86. The third-order valence-corrected chi connectivity index (χ3v) is 2.91. The Kier molecular flexibility index (Phi) is 2.41. The van der Waals surface area contributed by atoms with Gasteiger partial charge < -0.3 is 15.5 Å².